The maximum Gasteiger partial charge on any atom is 0.115 e. The first-order chi connectivity index (χ1) is 13.8. The van der Waals surface area contributed by atoms with Crippen LogP contribution < -0.4 is 0 Å². The molecule has 158 valence electrons. The Balaban J connectivity index is 0.00000240. The predicted octanol–water partition coefficient (Wildman–Crippen LogP) is 5.59. The Morgan fingerprint density at radius 3 is 2.17 bits per heavy atom. The highest BCUT2D eigenvalue weighted by Crippen LogP contribution is 2.29. The van der Waals surface area contributed by atoms with E-state index < -0.39 is 0 Å². The van der Waals surface area contributed by atoms with E-state index in [2.05, 4.69) is 46.2 Å². The normalized spacial score (nSPS) is 20.6. The molecule has 2 aromatic carbocycles. The van der Waals surface area contributed by atoms with Gasteiger partial charge in [-0.1, -0.05) is 68.1 Å². The lowest BCUT2D eigenvalue weighted by Crippen LogP contribution is -2.51. The number of hydrogen-bond acceptors (Lipinski definition) is 3. The van der Waals surface area contributed by atoms with Crippen molar-refractivity contribution in [1.82, 2.24) is 9.80 Å². The molecule has 1 aliphatic heterocycles. The summed E-state index contributed by atoms with van der Waals surface area (Å²) in [5.74, 6) is 0.363. The molecule has 2 aromatic rings. The van der Waals surface area contributed by atoms with Gasteiger partial charge in [0.2, 0.25) is 0 Å². The van der Waals surface area contributed by atoms with Crippen LogP contribution in [0.1, 0.15) is 55.7 Å². The number of phenolic OH excluding ortho intramolecular Hbond substituents is 1. The molecule has 1 atom stereocenters. The second kappa shape index (κ2) is 11.1. The number of aromatic hydroxyl groups is 1. The zero-order valence-corrected chi connectivity index (χ0v) is 19.1. The average molecular weight is 459 g/mol. The molecule has 1 unspecified atom stereocenters. The molecule has 3 nitrogen and oxygen atoms in total. The van der Waals surface area contributed by atoms with Gasteiger partial charge >= 0.3 is 0 Å². The van der Waals surface area contributed by atoms with Crippen LogP contribution in [0.25, 0.3) is 0 Å². The first-order valence-electron chi connectivity index (χ1n) is 11.1. The lowest BCUT2D eigenvalue weighted by Gasteiger charge is -2.42. The highest BCUT2D eigenvalue weighted by Gasteiger charge is 2.28. The standard InChI is InChI=1S/C25H34N2O.BrH/c28-24-14-8-9-21(19-24)20-25(22-10-4-3-5-11-22)27-17-15-26(16-18-27)23-12-6-1-2-7-13-23;/h3-5,8-11,14,19,23,25,28H,1-2,6-7,12-13,15-18,20H2;1H. The summed E-state index contributed by atoms with van der Waals surface area (Å²) in [5, 5.41) is 9.89. The van der Waals surface area contributed by atoms with Crippen LogP contribution >= 0.6 is 17.0 Å². The number of rotatable bonds is 5. The van der Waals surface area contributed by atoms with Crippen molar-refractivity contribution >= 4 is 17.0 Å². The van der Waals surface area contributed by atoms with Crippen molar-refractivity contribution in [2.75, 3.05) is 26.2 Å². The molecule has 0 bridgehead atoms. The third-order valence-corrected chi connectivity index (χ3v) is 6.65. The molecule has 1 heterocycles. The number of nitrogens with zero attached hydrogens (tertiary/aromatic N) is 2. The van der Waals surface area contributed by atoms with E-state index in [-0.39, 0.29) is 17.0 Å². The summed E-state index contributed by atoms with van der Waals surface area (Å²) in [4.78, 5) is 5.42. The van der Waals surface area contributed by atoms with E-state index in [1.54, 1.807) is 6.07 Å². The first kappa shape index (κ1) is 22.3. The van der Waals surface area contributed by atoms with Crippen LogP contribution in [0.4, 0.5) is 0 Å². The largest absolute Gasteiger partial charge is 0.508 e. The van der Waals surface area contributed by atoms with Crippen molar-refractivity contribution in [3.63, 3.8) is 0 Å². The Kier molecular flexibility index (Phi) is 8.58. The van der Waals surface area contributed by atoms with Crippen molar-refractivity contribution in [2.24, 2.45) is 0 Å². The van der Waals surface area contributed by atoms with E-state index in [9.17, 15) is 5.11 Å². The summed E-state index contributed by atoms with van der Waals surface area (Å²) in [6.45, 7) is 4.64. The minimum Gasteiger partial charge on any atom is -0.508 e. The van der Waals surface area contributed by atoms with Crippen LogP contribution in [0.15, 0.2) is 54.6 Å². The molecule has 2 aliphatic rings. The molecular formula is C25H35BrN2O. The number of piperazine rings is 1. The van der Waals surface area contributed by atoms with Crippen LogP contribution in [-0.2, 0) is 6.42 Å². The third-order valence-electron chi connectivity index (χ3n) is 6.65. The lowest BCUT2D eigenvalue weighted by atomic mass is 9.96. The number of phenols is 1. The van der Waals surface area contributed by atoms with Crippen LogP contribution in [0, 0.1) is 0 Å². The van der Waals surface area contributed by atoms with Crippen molar-refractivity contribution in [2.45, 2.75) is 57.0 Å². The fourth-order valence-electron chi connectivity index (χ4n) is 5.08. The van der Waals surface area contributed by atoms with Gasteiger partial charge in [0.15, 0.2) is 0 Å². The second-order valence-corrected chi connectivity index (χ2v) is 8.52. The van der Waals surface area contributed by atoms with E-state index in [4.69, 9.17) is 0 Å². The Morgan fingerprint density at radius 1 is 0.828 bits per heavy atom. The molecule has 1 aliphatic carbocycles. The van der Waals surface area contributed by atoms with Gasteiger partial charge in [-0.05, 0) is 42.5 Å². The third kappa shape index (κ3) is 6.07. The number of benzene rings is 2. The van der Waals surface area contributed by atoms with Crippen molar-refractivity contribution in [1.29, 1.82) is 0 Å². The van der Waals surface area contributed by atoms with Crippen LogP contribution in [0.2, 0.25) is 0 Å². The van der Waals surface area contributed by atoms with Crippen molar-refractivity contribution < 1.29 is 5.11 Å². The molecule has 0 spiro atoms. The Hall–Kier alpha value is -1.36. The zero-order valence-electron chi connectivity index (χ0n) is 17.4. The monoisotopic (exact) mass is 458 g/mol. The summed E-state index contributed by atoms with van der Waals surface area (Å²) in [6.07, 6.45) is 9.41. The van der Waals surface area contributed by atoms with E-state index in [0.29, 0.717) is 11.8 Å². The molecule has 4 rings (SSSR count). The van der Waals surface area contributed by atoms with Gasteiger partial charge in [-0.15, -0.1) is 17.0 Å². The summed E-state index contributed by atoms with van der Waals surface area (Å²) in [6, 6.07) is 19.8. The van der Waals surface area contributed by atoms with E-state index in [1.165, 1.54) is 62.7 Å². The molecule has 4 heteroatoms. The Labute approximate surface area is 186 Å². The molecule has 1 N–H and O–H groups in total. The maximum atomic E-state index is 9.89. The van der Waals surface area contributed by atoms with Crippen LogP contribution in [0.5, 0.6) is 5.75 Å². The molecule has 1 saturated heterocycles. The fraction of sp³-hybridized carbons (Fsp3) is 0.520. The zero-order chi connectivity index (χ0) is 19.2. The van der Waals surface area contributed by atoms with Gasteiger partial charge in [-0.3, -0.25) is 9.80 Å². The van der Waals surface area contributed by atoms with Crippen LogP contribution in [-0.4, -0.2) is 47.1 Å². The Morgan fingerprint density at radius 2 is 1.52 bits per heavy atom. The van der Waals surface area contributed by atoms with Gasteiger partial charge < -0.3 is 5.11 Å². The number of hydrogen-bond donors (Lipinski definition) is 1. The highest BCUT2D eigenvalue weighted by molar-refractivity contribution is 8.93. The molecule has 0 radical (unpaired) electrons. The lowest BCUT2D eigenvalue weighted by molar-refractivity contribution is 0.0632. The smallest absolute Gasteiger partial charge is 0.115 e. The fourth-order valence-corrected chi connectivity index (χ4v) is 5.08. The average Bonchev–Trinajstić information content (AvgIpc) is 3.03. The molecular weight excluding hydrogens is 424 g/mol. The second-order valence-electron chi connectivity index (χ2n) is 8.52. The Bertz CT molecular complexity index is 723. The van der Waals surface area contributed by atoms with Gasteiger partial charge in [0.25, 0.3) is 0 Å². The topological polar surface area (TPSA) is 26.7 Å². The van der Waals surface area contributed by atoms with Gasteiger partial charge in [-0.25, -0.2) is 0 Å². The molecule has 0 amide bonds. The SMILES string of the molecule is Br.Oc1cccc(CC(c2ccccc2)N2CCN(C3CCCCCC3)CC2)c1. The minimum absolute atomic E-state index is 0. The predicted molar refractivity (Wildman–Crippen MR) is 126 cm³/mol. The van der Waals surface area contributed by atoms with Gasteiger partial charge in [0, 0.05) is 38.3 Å². The summed E-state index contributed by atoms with van der Waals surface area (Å²) < 4.78 is 0. The quantitative estimate of drug-likeness (QED) is 0.591. The molecule has 1 saturated carbocycles. The van der Waals surface area contributed by atoms with Crippen molar-refractivity contribution in [3.8, 4) is 5.75 Å². The summed E-state index contributed by atoms with van der Waals surface area (Å²) in [5.41, 5.74) is 2.59. The van der Waals surface area contributed by atoms with Crippen molar-refractivity contribution in [3.05, 3.63) is 65.7 Å². The van der Waals surface area contributed by atoms with E-state index >= 15 is 0 Å². The van der Waals surface area contributed by atoms with E-state index in [0.717, 1.165) is 25.6 Å². The van der Waals surface area contributed by atoms with E-state index in [1.807, 2.05) is 12.1 Å². The van der Waals surface area contributed by atoms with Gasteiger partial charge in [0.05, 0.1) is 0 Å². The van der Waals surface area contributed by atoms with Crippen LogP contribution in [0.3, 0.4) is 0 Å². The maximum absolute atomic E-state index is 9.89. The number of halogens is 1. The van der Waals surface area contributed by atoms with Gasteiger partial charge in [0.1, 0.15) is 5.75 Å². The molecule has 2 fully saturated rings. The highest BCUT2D eigenvalue weighted by atomic mass is 79.9. The summed E-state index contributed by atoms with van der Waals surface area (Å²) >= 11 is 0. The van der Waals surface area contributed by atoms with Gasteiger partial charge in [-0.2, -0.15) is 0 Å². The first-order valence-corrected chi connectivity index (χ1v) is 11.1. The minimum atomic E-state index is 0. The summed E-state index contributed by atoms with van der Waals surface area (Å²) in [7, 11) is 0. The molecule has 0 aromatic heterocycles. The molecule has 29 heavy (non-hydrogen) atoms.